The Morgan fingerprint density at radius 1 is 0.909 bits per heavy atom. The van der Waals surface area contributed by atoms with E-state index >= 15 is 0 Å². The van der Waals surface area contributed by atoms with E-state index in [1.807, 2.05) is 54.6 Å². The second-order valence-electron chi connectivity index (χ2n) is 5.19. The van der Waals surface area contributed by atoms with Crippen molar-refractivity contribution in [1.29, 1.82) is 0 Å². The van der Waals surface area contributed by atoms with Gasteiger partial charge in [-0.25, -0.2) is 0 Å². The van der Waals surface area contributed by atoms with Crippen molar-refractivity contribution >= 4 is 0 Å². The van der Waals surface area contributed by atoms with Crippen molar-refractivity contribution in [3.8, 4) is 11.5 Å². The Hall–Kier alpha value is -2.26. The third-order valence-electron chi connectivity index (χ3n) is 4.05. The monoisotopic (exact) mass is 298 g/mol. The summed E-state index contributed by atoms with van der Waals surface area (Å²) in [7, 11) is 3.28. The quantitative estimate of drug-likeness (QED) is 0.794. The van der Waals surface area contributed by atoms with Gasteiger partial charge in [0.2, 0.25) is 0 Å². The van der Waals surface area contributed by atoms with E-state index in [4.69, 9.17) is 9.47 Å². The number of hydrogen-bond donors (Lipinski definition) is 1. The first-order valence-corrected chi connectivity index (χ1v) is 7.21. The number of hydrogen-bond acceptors (Lipinski definition) is 3. The Balaban J connectivity index is 2.51. The molecular weight excluding hydrogens is 276 g/mol. The number of ether oxygens (including phenoxy) is 2. The van der Waals surface area contributed by atoms with E-state index in [1.165, 1.54) is 0 Å². The summed E-state index contributed by atoms with van der Waals surface area (Å²) >= 11 is 0. The summed E-state index contributed by atoms with van der Waals surface area (Å²) in [5.41, 5.74) is 1.54. The summed E-state index contributed by atoms with van der Waals surface area (Å²) < 4.78 is 10.4. The van der Waals surface area contributed by atoms with Gasteiger partial charge in [0.15, 0.2) is 0 Å². The van der Waals surface area contributed by atoms with Gasteiger partial charge in [-0.3, -0.25) is 0 Å². The van der Waals surface area contributed by atoms with Gasteiger partial charge in [0.05, 0.1) is 20.8 Å². The Morgan fingerprint density at radius 3 is 1.59 bits per heavy atom. The van der Waals surface area contributed by atoms with E-state index in [2.05, 4.69) is 6.58 Å². The van der Waals surface area contributed by atoms with Crippen molar-refractivity contribution < 1.29 is 14.6 Å². The smallest absolute Gasteiger partial charge is 0.118 e. The Kier molecular flexibility index (Phi) is 5.23. The fraction of sp³-hybridized carbons (Fsp3) is 0.263. The first-order valence-electron chi connectivity index (χ1n) is 7.21. The zero-order valence-corrected chi connectivity index (χ0v) is 13.1. The number of rotatable bonds is 7. The molecule has 116 valence electrons. The van der Waals surface area contributed by atoms with Crippen LogP contribution in [-0.2, 0) is 5.41 Å². The molecule has 0 fully saturated rings. The highest BCUT2D eigenvalue weighted by atomic mass is 16.5. The number of allylic oxidation sites excluding steroid dienone is 1. The average Bonchev–Trinajstić information content (AvgIpc) is 2.60. The van der Waals surface area contributed by atoms with Gasteiger partial charge in [-0.15, -0.1) is 6.58 Å². The lowest BCUT2D eigenvalue weighted by Crippen LogP contribution is -2.31. The largest absolute Gasteiger partial charge is 0.497 e. The maximum atomic E-state index is 10.2. The molecule has 0 spiro atoms. The van der Waals surface area contributed by atoms with Crippen LogP contribution in [0.2, 0.25) is 0 Å². The second-order valence-corrected chi connectivity index (χ2v) is 5.19. The Morgan fingerprint density at radius 2 is 1.32 bits per heavy atom. The molecule has 0 aliphatic carbocycles. The van der Waals surface area contributed by atoms with Gasteiger partial charge in [0.1, 0.15) is 11.5 Å². The molecule has 1 N–H and O–H groups in total. The summed E-state index contributed by atoms with van der Waals surface area (Å²) in [5, 5.41) is 10.2. The summed E-state index contributed by atoms with van der Waals surface area (Å²) in [5.74, 6) is 1.59. The SMILES string of the molecule is C=CCC(CO)(c1ccc(OC)cc1)c1ccc(OC)cc1. The first kappa shape index (κ1) is 16.1. The maximum Gasteiger partial charge on any atom is 0.118 e. The van der Waals surface area contributed by atoms with Crippen LogP contribution in [0.1, 0.15) is 17.5 Å². The highest BCUT2D eigenvalue weighted by Gasteiger charge is 2.32. The molecule has 22 heavy (non-hydrogen) atoms. The molecule has 0 unspecified atom stereocenters. The zero-order valence-electron chi connectivity index (χ0n) is 13.1. The maximum absolute atomic E-state index is 10.2. The Bertz CT molecular complexity index is 552. The van der Waals surface area contributed by atoms with E-state index in [1.54, 1.807) is 14.2 Å². The van der Waals surface area contributed by atoms with E-state index in [0.717, 1.165) is 22.6 Å². The summed E-state index contributed by atoms with van der Waals surface area (Å²) in [6.45, 7) is 3.85. The van der Waals surface area contributed by atoms with Crippen LogP contribution in [-0.4, -0.2) is 25.9 Å². The van der Waals surface area contributed by atoms with Crippen LogP contribution in [0.5, 0.6) is 11.5 Å². The van der Waals surface area contributed by atoms with Gasteiger partial charge in [0.25, 0.3) is 0 Å². The molecule has 0 amide bonds. The molecule has 0 bridgehead atoms. The number of methoxy groups -OCH3 is 2. The van der Waals surface area contributed by atoms with Gasteiger partial charge in [-0.05, 0) is 41.8 Å². The molecule has 0 aliphatic rings. The van der Waals surface area contributed by atoms with Gasteiger partial charge >= 0.3 is 0 Å². The lowest BCUT2D eigenvalue weighted by atomic mass is 9.72. The minimum Gasteiger partial charge on any atom is -0.497 e. The number of aliphatic hydroxyl groups excluding tert-OH is 1. The van der Waals surface area contributed by atoms with Gasteiger partial charge in [0, 0.05) is 5.41 Å². The summed E-state index contributed by atoms with van der Waals surface area (Å²) in [6, 6.07) is 15.6. The van der Waals surface area contributed by atoms with Gasteiger partial charge in [-0.2, -0.15) is 0 Å². The van der Waals surface area contributed by atoms with Crippen molar-refractivity contribution in [2.75, 3.05) is 20.8 Å². The fourth-order valence-corrected chi connectivity index (χ4v) is 2.72. The van der Waals surface area contributed by atoms with Crippen LogP contribution in [0.4, 0.5) is 0 Å². The minimum absolute atomic E-state index is 0.00230. The average molecular weight is 298 g/mol. The first-order chi connectivity index (χ1) is 10.7. The molecule has 3 heteroatoms. The third kappa shape index (κ3) is 3.00. The molecule has 3 nitrogen and oxygen atoms in total. The molecule has 0 radical (unpaired) electrons. The summed E-state index contributed by atoms with van der Waals surface area (Å²) in [6.07, 6.45) is 2.48. The fourth-order valence-electron chi connectivity index (χ4n) is 2.72. The topological polar surface area (TPSA) is 38.7 Å². The lowest BCUT2D eigenvalue weighted by Gasteiger charge is -2.32. The predicted molar refractivity (Wildman–Crippen MR) is 88.7 cm³/mol. The normalized spacial score (nSPS) is 11.0. The van der Waals surface area contributed by atoms with Gasteiger partial charge in [-0.1, -0.05) is 30.3 Å². The van der Waals surface area contributed by atoms with E-state index in [-0.39, 0.29) is 6.61 Å². The van der Waals surface area contributed by atoms with Crippen molar-refractivity contribution in [2.24, 2.45) is 0 Å². The van der Waals surface area contributed by atoms with E-state index in [0.29, 0.717) is 6.42 Å². The molecule has 2 aromatic carbocycles. The second kappa shape index (κ2) is 7.14. The molecule has 2 aromatic rings. The van der Waals surface area contributed by atoms with Crippen LogP contribution < -0.4 is 9.47 Å². The molecule has 0 saturated heterocycles. The van der Waals surface area contributed by atoms with Crippen molar-refractivity contribution in [2.45, 2.75) is 11.8 Å². The van der Waals surface area contributed by atoms with E-state index in [9.17, 15) is 5.11 Å². The minimum atomic E-state index is -0.514. The summed E-state index contributed by atoms with van der Waals surface area (Å²) in [4.78, 5) is 0. The van der Waals surface area contributed by atoms with Crippen LogP contribution in [0.15, 0.2) is 61.2 Å². The molecule has 0 saturated carbocycles. The highest BCUT2D eigenvalue weighted by Crippen LogP contribution is 2.37. The lowest BCUT2D eigenvalue weighted by molar-refractivity contribution is 0.220. The van der Waals surface area contributed by atoms with Crippen molar-refractivity contribution in [3.05, 3.63) is 72.3 Å². The molecule has 0 aliphatic heterocycles. The zero-order chi connectivity index (χ0) is 16.0. The van der Waals surface area contributed by atoms with Gasteiger partial charge < -0.3 is 14.6 Å². The standard InChI is InChI=1S/C19H22O3/c1-4-13-19(14-20,15-5-9-17(21-2)10-6-15)16-7-11-18(22-3)12-8-16/h4-12,20H,1,13-14H2,2-3H3. The predicted octanol–water partition coefficient (Wildman–Crippen LogP) is 3.56. The van der Waals surface area contributed by atoms with E-state index < -0.39 is 5.41 Å². The van der Waals surface area contributed by atoms with Crippen LogP contribution in [0.3, 0.4) is 0 Å². The van der Waals surface area contributed by atoms with Crippen molar-refractivity contribution in [1.82, 2.24) is 0 Å². The molecule has 0 atom stereocenters. The molecular formula is C19H22O3. The number of aliphatic hydroxyl groups is 1. The molecule has 0 heterocycles. The highest BCUT2D eigenvalue weighted by molar-refractivity contribution is 5.44. The molecule has 2 rings (SSSR count). The van der Waals surface area contributed by atoms with Crippen molar-refractivity contribution in [3.63, 3.8) is 0 Å². The third-order valence-corrected chi connectivity index (χ3v) is 4.05. The van der Waals surface area contributed by atoms with Crippen LogP contribution in [0, 0.1) is 0 Å². The van der Waals surface area contributed by atoms with Crippen LogP contribution >= 0.6 is 0 Å². The number of benzene rings is 2. The van der Waals surface area contributed by atoms with Crippen LogP contribution in [0.25, 0.3) is 0 Å². The Labute approximate surface area is 131 Å². The molecule has 0 aromatic heterocycles.